The fourth-order valence-corrected chi connectivity index (χ4v) is 1.09. The second kappa shape index (κ2) is 5.64. The number of hydrogen-bond acceptors (Lipinski definition) is 5. The number of carboxylic acids is 1. The van der Waals surface area contributed by atoms with Crippen molar-refractivity contribution in [3.63, 3.8) is 0 Å². The van der Waals surface area contributed by atoms with Crippen molar-refractivity contribution in [2.24, 2.45) is 4.99 Å². The van der Waals surface area contributed by atoms with Crippen LogP contribution < -0.4 is 0 Å². The molecule has 0 atom stereocenters. The van der Waals surface area contributed by atoms with Crippen molar-refractivity contribution in [3.8, 4) is 5.75 Å². The highest BCUT2D eigenvalue weighted by Crippen LogP contribution is 2.23. The molecule has 0 aliphatic heterocycles. The highest BCUT2D eigenvalue weighted by Gasteiger charge is 2.09. The van der Waals surface area contributed by atoms with Gasteiger partial charge in [-0.1, -0.05) is 0 Å². The Balaban J connectivity index is 2.84. The van der Waals surface area contributed by atoms with Gasteiger partial charge in [0, 0.05) is 6.07 Å². The number of hydrogen-bond donors (Lipinski definition) is 2. The summed E-state index contributed by atoms with van der Waals surface area (Å²) in [5.74, 6) is -2.24. The Morgan fingerprint density at radius 1 is 1.47 bits per heavy atom. The lowest BCUT2D eigenvalue weighted by Gasteiger charge is -2.00. The van der Waals surface area contributed by atoms with Gasteiger partial charge in [0.2, 0.25) is 0 Å². The Bertz CT molecular complexity index is 467. The summed E-state index contributed by atoms with van der Waals surface area (Å²) in [6.07, 6.45) is 0.957. The Morgan fingerprint density at radius 2 is 2.18 bits per heavy atom. The molecule has 0 bridgehead atoms. The Hall–Kier alpha value is -2.37. The van der Waals surface area contributed by atoms with E-state index in [1.807, 2.05) is 0 Å². The van der Waals surface area contributed by atoms with Crippen LogP contribution in [0.4, 0.5) is 5.69 Å². The molecule has 0 aromatic heterocycles. The second-order valence-corrected chi connectivity index (χ2v) is 3.02. The van der Waals surface area contributed by atoms with Gasteiger partial charge in [0.25, 0.3) is 0 Å². The molecule has 0 saturated carbocycles. The van der Waals surface area contributed by atoms with Gasteiger partial charge in [-0.2, -0.15) is 0 Å². The Kier molecular flexibility index (Phi) is 4.21. The van der Waals surface area contributed by atoms with E-state index < -0.39 is 17.7 Å². The molecular weight excluding hydrogens is 226 g/mol. The number of aromatic hydroxyl groups is 1. The molecule has 90 valence electrons. The van der Waals surface area contributed by atoms with Crippen LogP contribution in [0.25, 0.3) is 0 Å². The summed E-state index contributed by atoms with van der Waals surface area (Å²) in [5, 5.41) is 18.0. The van der Waals surface area contributed by atoms with Crippen LogP contribution in [0.15, 0.2) is 23.2 Å². The third kappa shape index (κ3) is 3.60. The average Bonchev–Trinajstić information content (AvgIpc) is 2.26. The van der Waals surface area contributed by atoms with Crippen LogP contribution in [0.1, 0.15) is 17.3 Å². The summed E-state index contributed by atoms with van der Waals surface area (Å²) in [5.41, 5.74) is 0.0423. The van der Waals surface area contributed by atoms with Gasteiger partial charge >= 0.3 is 11.9 Å². The summed E-state index contributed by atoms with van der Waals surface area (Å²) < 4.78 is 4.61. The number of esters is 1. The first kappa shape index (κ1) is 12.7. The molecule has 0 unspecified atom stereocenters. The van der Waals surface area contributed by atoms with Crippen molar-refractivity contribution in [2.45, 2.75) is 6.92 Å². The highest BCUT2D eigenvalue weighted by molar-refractivity contribution is 6.23. The molecule has 6 nitrogen and oxygen atoms in total. The van der Waals surface area contributed by atoms with Crippen molar-refractivity contribution in [1.29, 1.82) is 0 Å². The van der Waals surface area contributed by atoms with Crippen LogP contribution in [0.5, 0.6) is 5.75 Å². The van der Waals surface area contributed by atoms with E-state index in [4.69, 9.17) is 5.11 Å². The minimum atomic E-state index is -1.23. The molecule has 2 N–H and O–H groups in total. The van der Waals surface area contributed by atoms with Gasteiger partial charge in [-0.15, -0.1) is 0 Å². The number of aliphatic imine (C=N–C) groups is 1. The number of carboxylic acid groups (broad SMARTS) is 1. The van der Waals surface area contributed by atoms with Gasteiger partial charge < -0.3 is 14.9 Å². The topological polar surface area (TPSA) is 96.2 Å². The quantitative estimate of drug-likeness (QED) is 0.608. The van der Waals surface area contributed by atoms with Crippen LogP contribution >= 0.6 is 0 Å². The van der Waals surface area contributed by atoms with E-state index in [1.54, 1.807) is 6.92 Å². The highest BCUT2D eigenvalue weighted by atomic mass is 16.5. The van der Waals surface area contributed by atoms with Gasteiger partial charge in [0.05, 0.1) is 12.3 Å². The minimum Gasteiger partial charge on any atom is -0.507 e. The fraction of sp³-hybridized carbons (Fsp3) is 0.182. The predicted octanol–water partition coefficient (Wildman–Crippen LogP) is 1.36. The third-order valence-corrected chi connectivity index (χ3v) is 1.82. The van der Waals surface area contributed by atoms with Crippen LogP contribution in [0, 0.1) is 0 Å². The van der Waals surface area contributed by atoms with Crippen molar-refractivity contribution >= 4 is 23.8 Å². The van der Waals surface area contributed by atoms with Gasteiger partial charge in [0.15, 0.2) is 0 Å². The maximum absolute atomic E-state index is 10.9. The maximum atomic E-state index is 10.9. The van der Waals surface area contributed by atoms with Gasteiger partial charge in [-0.25, -0.2) is 14.6 Å². The van der Waals surface area contributed by atoms with Crippen LogP contribution in [0.2, 0.25) is 0 Å². The van der Waals surface area contributed by atoms with Gasteiger partial charge in [-0.05, 0) is 19.1 Å². The van der Waals surface area contributed by atoms with Crippen LogP contribution in [0.3, 0.4) is 0 Å². The van der Waals surface area contributed by atoms with Crippen molar-refractivity contribution in [2.75, 3.05) is 6.61 Å². The molecule has 0 heterocycles. The van der Waals surface area contributed by atoms with Gasteiger partial charge in [-0.3, -0.25) is 0 Å². The summed E-state index contributed by atoms with van der Waals surface area (Å²) in [4.78, 5) is 25.3. The van der Waals surface area contributed by atoms with E-state index >= 15 is 0 Å². The van der Waals surface area contributed by atoms with E-state index in [1.165, 1.54) is 12.1 Å². The first-order chi connectivity index (χ1) is 8.04. The van der Waals surface area contributed by atoms with E-state index in [-0.39, 0.29) is 17.9 Å². The van der Waals surface area contributed by atoms with Crippen LogP contribution in [-0.4, -0.2) is 35.0 Å². The first-order valence-corrected chi connectivity index (χ1v) is 4.81. The zero-order chi connectivity index (χ0) is 12.8. The molecule has 1 rings (SSSR count). The SMILES string of the molecule is CCOC(=O)C=Nc1ccc(C(=O)O)c(O)c1. The zero-order valence-electron chi connectivity index (χ0n) is 9.08. The number of carbonyl (C=O) groups is 2. The lowest BCUT2D eigenvalue weighted by atomic mass is 10.2. The Morgan fingerprint density at radius 3 is 2.71 bits per heavy atom. The summed E-state index contributed by atoms with van der Waals surface area (Å²) in [6.45, 7) is 1.91. The Labute approximate surface area is 97.2 Å². The number of carbonyl (C=O) groups excluding carboxylic acids is 1. The third-order valence-electron chi connectivity index (χ3n) is 1.82. The number of ether oxygens (including phenoxy) is 1. The lowest BCUT2D eigenvalue weighted by Crippen LogP contribution is -2.04. The molecule has 17 heavy (non-hydrogen) atoms. The molecule has 0 aliphatic rings. The molecule has 0 fully saturated rings. The van der Waals surface area contributed by atoms with Crippen molar-refractivity contribution in [1.82, 2.24) is 0 Å². The predicted molar refractivity (Wildman–Crippen MR) is 59.9 cm³/mol. The maximum Gasteiger partial charge on any atom is 0.349 e. The average molecular weight is 237 g/mol. The summed E-state index contributed by atoms with van der Waals surface area (Å²) in [6, 6.07) is 3.73. The number of phenols is 1. The number of aromatic carboxylic acids is 1. The normalized spacial score (nSPS) is 10.4. The largest absolute Gasteiger partial charge is 0.507 e. The molecule has 0 spiro atoms. The smallest absolute Gasteiger partial charge is 0.349 e. The molecular formula is C11H11NO5. The number of rotatable bonds is 4. The molecule has 0 saturated heterocycles. The van der Waals surface area contributed by atoms with Gasteiger partial charge in [0.1, 0.15) is 17.5 Å². The number of benzene rings is 1. The van der Waals surface area contributed by atoms with Crippen molar-refractivity contribution in [3.05, 3.63) is 23.8 Å². The summed E-state index contributed by atoms with van der Waals surface area (Å²) >= 11 is 0. The standard InChI is InChI=1S/C11H11NO5/c1-2-17-10(14)6-12-7-3-4-8(11(15)16)9(13)5-7/h3-6,13H,2H2,1H3,(H,15,16). The zero-order valence-corrected chi connectivity index (χ0v) is 9.08. The second-order valence-electron chi connectivity index (χ2n) is 3.02. The van der Waals surface area contributed by atoms with E-state index in [0.717, 1.165) is 12.3 Å². The molecule has 1 aromatic carbocycles. The van der Waals surface area contributed by atoms with E-state index in [2.05, 4.69) is 9.73 Å². The molecule has 6 heteroatoms. The van der Waals surface area contributed by atoms with E-state index in [9.17, 15) is 14.7 Å². The first-order valence-electron chi connectivity index (χ1n) is 4.81. The lowest BCUT2D eigenvalue weighted by molar-refractivity contribution is -0.134. The number of nitrogens with zero attached hydrogens (tertiary/aromatic N) is 1. The minimum absolute atomic E-state index is 0.222. The fourth-order valence-electron chi connectivity index (χ4n) is 1.09. The monoisotopic (exact) mass is 237 g/mol. The summed E-state index contributed by atoms with van der Waals surface area (Å²) in [7, 11) is 0. The molecule has 0 radical (unpaired) electrons. The molecule has 0 aliphatic carbocycles. The van der Waals surface area contributed by atoms with E-state index in [0.29, 0.717) is 0 Å². The van der Waals surface area contributed by atoms with Crippen molar-refractivity contribution < 1.29 is 24.5 Å². The van der Waals surface area contributed by atoms with Crippen LogP contribution in [-0.2, 0) is 9.53 Å². The molecule has 1 aromatic rings. The molecule has 0 amide bonds.